The van der Waals surface area contributed by atoms with E-state index < -0.39 is 5.79 Å². The summed E-state index contributed by atoms with van der Waals surface area (Å²) in [5.41, 5.74) is 0. The molecule has 1 N–H and O–H groups in total. The van der Waals surface area contributed by atoms with Crippen molar-refractivity contribution in [1.82, 2.24) is 5.32 Å². The molecule has 1 atom stereocenters. The molecule has 23 heavy (non-hydrogen) atoms. The van der Waals surface area contributed by atoms with Gasteiger partial charge in [-0.3, -0.25) is 4.79 Å². The van der Waals surface area contributed by atoms with Crippen molar-refractivity contribution in [3.05, 3.63) is 29.3 Å². The van der Waals surface area contributed by atoms with Gasteiger partial charge >= 0.3 is 0 Å². The Kier molecular flexibility index (Phi) is 5.41. The second-order valence-electron chi connectivity index (χ2n) is 6.07. The molecule has 1 saturated heterocycles. The molecule has 0 bridgehead atoms. The fourth-order valence-corrected chi connectivity index (χ4v) is 3.15. The smallest absolute Gasteiger partial charge is 0.258 e. The minimum atomic E-state index is -0.395. The van der Waals surface area contributed by atoms with Crippen LogP contribution >= 0.6 is 11.6 Å². The fourth-order valence-electron chi connectivity index (χ4n) is 3.03. The molecule has 1 amide bonds. The molecule has 1 unspecified atom stereocenters. The first kappa shape index (κ1) is 16.6. The van der Waals surface area contributed by atoms with Crippen LogP contribution in [0.4, 0.5) is 0 Å². The molecular weight excluding hydrogens is 318 g/mol. The van der Waals surface area contributed by atoms with Crippen LogP contribution in [-0.4, -0.2) is 37.6 Å². The Balaban J connectivity index is 1.37. The molecule has 0 aromatic heterocycles. The summed E-state index contributed by atoms with van der Waals surface area (Å²) < 4.78 is 17.3. The molecule has 6 heteroatoms. The predicted molar refractivity (Wildman–Crippen MR) is 86.6 cm³/mol. The molecule has 1 saturated carbocycles. The van der Waals surface area contributed by atoms with Crippen molar-refractivity contribution in [1.29, 1.82) is 0 Å². The molecule has 1 aliphatic heterocycles. The highest BCUT2D eigenvalue weighted by molar-refractivity contribution is 6.30. The maximum Gasteiger partial charge on any atom is 0.258 e. The van der Waals surface area contributed by atoms with Crippen molar-refractivity contribution < 1.29 is 19.0 Å². The number of halogens is 1. The third kappa shape index (κ3) is 4.59. The maximum atomic E-state index is 11.8. The van der Waals surface area contributed by atoms with Gasteiger partial charge in [-0.2, -0.15) is 0 Å². The van der Waals surface area contributed by atoms with Gasteiger partial charge < -0.3 is 19.5 Å². The first-order valence-corrected chi connectivity index (χ1v) is 8.50. The van der Waals surface area contributed by atoms with Crippen LogP contribution in [0.5, 0.6) is 5.75 Å². The van der Waals surface area contributed by atoms with Crippen molar-refractivity contribution >= 4 is 17.5 Å². The van der Waals surface area contributed by atoms with E-state index in [0.29, 0.717) is 23.9 Å². The van der Waals surface area contributed by atoms with E-state index in [9.17, 15) is 4.79 Å². The summed E-state index contributed by atoms with van der Waals surface area (Å²) >= 11 is 5.80. The molecule has 1 aromatic carbocycles. The lowest BCUT2D eigenvalue weighted by Gasteiger charge is -2.31. The fraction of sp³-hybridized carbons (Fsp3) is 0.588. The Bertz CT molecular complexity index is 528. The van der Waals surface area contributed by atoms with Crippen LogP contribution in [-0.2, 0) is 14.3 Å². The van der Waals surface area contributed by atoms with Crippen molar-refractivity contribution in [2.24, 2.45) is 0 Å². The van der Waals surface area contributed by atoms with E-state index in [1.165, 1.54) is 6.42 Å². The van der Waals surface area contributed by atoms with E-state index in [0.717, 1.165) is 25.7 Å². The van der Waals surface area contributed by atoms with E-state index in [4.69, 9.17) is 25.8 Å². The number of hydrogen-bond donors (Lipinski definition) is 1. The topological polar surface area (TPSA) is 56.8 Å². The highest BCUT2D eigenvalue weighted by Gasteiger charge is 2.42. The van der Waals surface area contributed by atoms with Crippen molar-refractivity contribution in [2.75, 3.05) is 19.8 Å². The lowest BCUT2D eigenvalue weighted by molar-refractivity contribution is -0.186. The third-order valence-corrected chi connectivity index (χ3v) is 4.49. The number of carbonyl (C=O) groups is 1. The molecule has 1 spiro atoms. The van der Waals surface area contributed by atoms with Gasteiger partial charge in [0.1, 0.15) is 11.9 Å². The van der Waals surface area contributed by atoms with Gasteiger partial charge in [0.05, 0.1) is 6.61 Å². The lowest BCUT2D eigenvalue weighted by Crippen LogP contribution is -2.38. The largest absolute Gasteiger partial charge is 0.484 e. The molecular formula is C17H22ClNO4. The zero-order valence-corrected chi connectivity index (χ0v) is 13.8. The summed E-state index contributed by atoms with van der Waals surface area (Å²) in [5, 5.41) is 3.47. The van der Waals surface area contributed by atoms with Gasteiger partial charge in [-0.1, -0.05) is 18.0 Å². The van der Waals surface area contributed by atoms with Crippen LogP contribution < -0.4 is 10.1 Å². The van der Waals surface area contributed by atoms with Crippen LogP contribution in [0.3, 0.4) is 0 Å². The predicted octanol–water partition coefficient (Wildman–Crippen LogP) is 2.91. The average Bonchev–Trinajstić information content (AvgIpc) is 2.95. The first-order chi connectivity index (χ1) is 11.2. The number of hydrogen-bond acceptors (Lipinski definition) is 4. The van der Waals surface area contributed by atoms with Crippen molar-refractivity contribution in [3.8, 4) is 5.75 Å². The van der Waals surface area contributed by atoms with E-state index in [1.54, 1.807) is 24.3 Å². The first-order valence-electron chi connectivity index (χ1n) is 8.12. The van der Waals surface area contributed by atoms with Gasteiger partial charge in [-0.05, 0) is 37.1 Å². The molecule has 1 aliphatic carbocycles. The quantitative estimate of drug-likeness (QED) is 0.896. The Morgan fingerprint density at radius 2 is 2.00 bits per heavy atom. The van der Waals surface area contributed by atoms with Gasteiger partial charge in [0, 0.05) is 24.4 Å². The Morgan fingerprint density at radius 1 is 1.26 bits per heavy atom. The zero-order valence-electron chi connectivity index (χ0n) is 13.1. The summed E-state index contributed by atoms with van der Waals surface area (Å²) in [6.45, 7) is 0.962. The van der Waals surface area contributed by atoms with E-state index in [1.807, 2.05) is 0 Å². The van der Waals surface area contributed by atoms with E-state index in [2.05, 4.69) is 5.32 Å². The Morgan fingerprint density at radius 3 is 2.74 bits per heavy atom. The molecule has 1 heterocycles. The standard InChI is InChI=1S/C17H22ClNO4/c18-13-4-6-14(7-5-13)21-12-16(20)19-10-15-11-22-17(23-15)8-2-1-3-9-17/h4-7,15H,1-3,8-12H2,(H,19,20). The SMILES string of the molecule is O=C(COc1ccc(Cl)cc1)NCC1COC2(CCCCC2)O1. The summed E-state index contributed by atoms with van der Waals surface area (Å²) in [7, 11) is 0. The van der Waals surface area contributed by atoms with Crippen LogP contribution in [0.15, 0.2) is 24.3 Å². The van der Waals surface area contributed by atoms with Gasteiger partial charge in [-0.25, -0.2) is 0 Å². The van der Waals surface area contributed by atoms with Gasteiger partial charge in [0.2, 0.25) is 0 Å². The summed E-state index contributed by atoms with van der Waals surface area (Å²) in [5.74, 6) is 0.0484. The Hall–Kier alpha value is -1.30. The molecule has 3 rings (SSSR count). The number of carbonyl (C=O) groups excluding carboxylic acids is 1. The third-order valence-electron chi connectivity index (χ3n) is 4.24. The minimum absolute atomic E-state index is 0.0274. The van der Waals surface area contributed by atoms with Gasteiger partial charge in [0.25, 0.3) is 5.91 Å². The van der Waals surface area contributed by atoms with Crippen molar-refractivity contribution in [3.63, 3.8) is 0 Å². The molecule has 2 fully saturated rings. The van der Waals surface area contributed by atoms with Crippen LogP contribution in [0, 0.1) is 0 Å². The highest BCUT2D eigenvalue weighted by atomic mass is 35.5. The van der Waals surface area contributed by atoms with Gasteiger partial charge in [-0.15, -0.1) is 0 Å². The molecule has 5 nitrogen and oxygen atoms in total. The number of amides is 1. The Labute approximate surface area is 141 Å². The minimum Gasteiger partial charge on any atom is -0.484 e. The highest BCUT2D eigenvalue weighted by Crippen LogP contribution is 2.37. The summed E-state index contributed by atoms with van der Waals surface area (Å²) in [6.07, 6.45) is 5.38. The second-order valence-corrected chi connectivity index (χ2v) is 6.51. The van der Waals surface area contributed by atoms with Crippen LogP contribution in [0.2, 0.25) is 5.02 Å². The normalized spacial score (nSPS) is 22.9. The van der Waals surface area contributed by atoms with E-state index >= 15 is 0 Å². The van der Waals surface area contributed by atoms with Crippen LogP contribution in [0.25, 0.3) is 0 Å². The monoisotopic (exact) mass is 339 g/mol. The van der Waals surface area contributed by atoms with Crippen molar-refractivity contribution in [2.45, 2.75) is 44.0 Å². The lowest BCUT2D eigenvalue weighted by atomic mass is 9.94. The average molecular weight is 340 g/mol. The van der Waals surface area contributed by atoms with E-state index in [-0.39, 0.29) is 18.6 Å². The number of benzene rings is 1. The summed E-state index contributed by atoms with van der Waals surface area (Å²) in [6, 6.07) is 6.91. The number of rotatable bonds is 5. The number of nitrogens with one attached hydrogen (secondary N) is 1. The maximum absolute atomic E-state index is 11.8. The molecule has 0 radical (unpaired) electrons. The zero-order chi connectivity index (χ0) is 16.1. The number of ether oxygens (including phenoxy) is 3. The van der Waals surface area contributed by atoms with Crippen LogP contribution in [0.1, 0.15) is 32.1 Å². The second kappa shape index (κ2) is 7.51. The molecule has 2 aliphatic rings. The van der Waals surface area contributed by atoms with Gasteiger partial charge in [0.15, 0.2) is 12.4 Å². The molecule has 1 aromatic rings. The molecule has 126 valence electrons. The summed E-state index contributed by atoms with van der Waals surface area (Å²) in [4.78, 5) is 11.8.